The lowest BCUT2D eigenvalue weighted by molar-refractivity contribution is 1.42. The molecule has 0 amide bonds. The Bertz CT molecular complexity index is 612. The number of nitrogens with zero attached hydrogens (tertiary/aromatic N) is 2. The van der Waals surface area contributed by atoms with Gasteiger partial charge in [0.05, 0.1) is 27.6 Å². The molecule has 11 heteroatoms. The van der Waals surface area contributed by atoms with Gasteiger partial charge in [-0.25, -0.2) is 0 Å². The summed E-state index contributed by atoms with van der Waals surface area (Å²) in [5.74, 6) is 0. The van der Waals surface area contributed by atoms with E-state index in [0.717, 1.165) is 31.7 Å². The lowest BCUT2D eigenvalue weighted by atomic mass is 10.2. The summed E-state index contributed by atoms with van der Waals surface area (Å²) in [5, 5.41) is 0. The van der Waals surface area contributed by atoms with Crippen LogP contribution in [-0.4, -0.2) is 20.5 Å². The smallest absolute Gasteiger partial charge is 0.174 e. The minimum absolute atomic E-state index is 0.242. The van der Waals surface area contributed by atoms with E-state index in [4.69, 9.17) is 9.98 Å². The molecule has 2 nitrogen and oxygen atoms in total. The highest BCUT2D eigenvalue weighted by atomic mass is 80.0. The largest absolute Gasteiger partial charge is 0.251 e. The normalized spacial score (nSPS) is 16.8. The van der Waals surface area contributed by atoms with Crippen LogP contribution in [0.3, 0.4) is 0 Å². The van der Waals surface area contributed by atoms with Gasteiger partial charge in [-0.2, -0.15) is 0 Å². The Labute approximate surface area is 203 Å². The average molecular weight is 882 g/mol. The van der Waals surface area contributed by atoms with Crippen LogP contribution < -0.4 is 0 Å². The highest BCUT2D eigenvalue weighted by Crippen LogP contribution is 2.48. The van der Waals surface area contributed by atoms with Crippen molar-refractivity contribution in [1.82, 2.24) is 0 Å². The molecule has 0 atom stereocenters. The summed E-state index contributed by atoms with van der Waals surface area (Å²) in [4.78, 5) is 9.27. The fourth-order valence-electron chi connectivity index (χ4n) is 1.62. The van der Waals surface area contributed by atoms with Gasteiger partial charge in [0.1, 0.15) is 0 Å². The first-order chi connectivity index (χ1) is 9.91. The van der Waals surface area contributed by atoms with Crippen molar-refractivity contribution in [3.05, 3.63) is 21.1 Å². The number of rotatable bonds is 0. The van der Waals surface area contributed by atoms with Crippen molar-refractivity contribution >= 4 is 166 Å². The molecule has 0 aromatic heterocycles. The Morgan fingerprint density at radius 2 is 1.05 bits per heavy atom. The van der Waals surface area contributed by atoms with Crippen molar-refractivity contribution in [2.75, 3.05) is 0 Å². The second kappa shape index (κ2) is 7.86. The molecule has 1 aliphatic rings. The molecule has 2 rings (SSSR count). The van der Waals surface area contributed by atoms with Crippen molar-refractivity contribution in [3.8, 4) is 0 Å². The third kappa shape index (κ3) is 4.98. The van der Waals surface area contributed by atoms with Crippen LogP contribution in [0.4, 0.5) is 11.4 Å². The van der Waals surface area contributed by atoms with Crippen molar-refractivity contribution in [1.29, 1.82) is 0 Å². The molecule has 0 radical (unpaired) electrons. The Morgan fingerprint density at radius 1 is 0.727 bits per heavy atom. The van der Waals surface area contributed by atoms with E-state index in [1.807, 2.05) is 12.1 Å². The van der Waals surface area contributed by atoms with Crippen LogP contribution in [0.15, 0.2) is 31.1 Å². The first-order valence-electron chi connectivity index (χ1n) is 5.36. The van der Waals surface area contributed by atoms with Crippen LogP contribution in [0.2, 0.25) is 0 Å². The van der Waals surface area contributed by atoms with E-state index < -0.39 is 4.29 Å². The number of hydrogen-bond donors (Lipinski definition) is 0. The van der Waals surface area contributed by atoms with E-state index in [1.165, 1.54) is 0 Å². The maximum atomic E-state index is 4.76. The van der Waals surface area contributed by atoms with E-state index >= 15 is 0 Å². The molecule has 0 N–H and O–H groups in total. The number of alkyl halides is 7. The second-order valence-corrected chi connectivity index (χ2v) is 20.3. The van der Waals surface area contributed by atoms with Gasteiger partial charge in [0.15, 0.2) is 4.29 Å². The molecule has 0 fully saturated rings. The summed E-state index contributed by atoms with van der Waals surface area (Å²) in [6, 6.07) is 3.84. The van der Waals surface area contributed by atoms with Gasteiger partial charge in [-0.15, -0.1) is 0 Å². The van der Waals surface area contributed by atoms with Crippen molar-refractivity contribution in [3.63, 3.8) is 0 Å². The summed E-state index contributed by atoms with van der Waals surface area (Å²) in [7, 11) is 0. The van der Waals surface area contributed by atoms with Crippen LogP contribution in [0.25, 0.3) is 0 Å². The van der Waals surface area contributed by atoms with Crippen molar-refractivity contribution in [2.45, 2.75) is 9.11 Å². The lowest BCUT2D eigenvalue weighted by Gasteiger charge is -2.24. The van der Waals surface area contributed by atoms with Crippen LogP contribution in [0.1, 0.15) is 0 Å². The van der Waals surface area contributed by atoms with Crippen molar-refractivity contribution in [2.24, 2.45) is 9.98 Å². The molecule has 0 aliphatic carbocycles. The van der Waals surface area contributed by atoms with E-state index in [-0.39, 0.29) is 4.83 Å². The highest BCUT2D eigenvalue weighted by Gasteiger charge is 2.41. The second-order valence-electron chi connectivity index (χ2n) is 4.11. The summed E-state index contributed by atoms with van der Waals surface area (Å²) in [6.45, 7) is 0. The lowest BCUT2D eigenvalue weighted by Crippen LogP contribution is -2.38. The first kappa shape index (κ1) is 21.2. The van der Waals surface area contributed by atoms with E-state index in [2.05, 4.69) is 143 Å². The fraction of sp³-hybridized carbons (Fsp3) is 0.273. The van der Waals surface area contributed by atoms with Crippen LogP contribution >= 0.6 is 143 Å². The molecule has 1 aromatic rings. The zero-order valence-corrected chi connectivity index (χ0v) is 24.3. The van der Waals surface area contributed by atoms with Crippen LogP contribution in [0, 0.1) is 0 Å². The molecule has 1 heterocycles. The summed E-state index contributed by atoms with van der Waals surface area (Å²) < 4.78 is 0.486. The molecule has 0 spiro atoms. The number of halogens is 9. The molecule has 1 aliphatic heterocycles. The quantitative estimate of drug-likeness (QED) is 0.233. The van der Waals surface area contributed by atoms with Gasteiger partial charge in [-0.3, -0.25) is 9.98 Å². The number of aliphatic imine (C=N–C) groups is 2. The van der Waals surface area contributed by atoms with Gasteiger partial charge in [0.25, 0.3) is 0 Å². The van der Waals surface area contributed by atoms with Gasteiger partial charge in [-0.1, -0.05) is 112 Å². The number of fused-ring (bicyclic) bond motifs is 1. The summed E-state index contributed by atoms with van der Waals surface area (Å²) in [6.07, 6.45) is 0. The molecule has 22 heavy (non-hydrogen) atoms. The third-order valence-electron chi connectivity index (χ3n) is 2.56. The Kier molecular flexibility index (Phi) is 7.57. The van der Waals surface area contributed by atoms with Crippen molar-refractivity contribution < 1.29 is 0 Å². The zero-order chi connectivity index (χ0) is 16.9. The molecular weight excluding hydrogens is 879 g/mol. The third-order valence-corrected chi connectivity index (χ3v) is 7.71. The SMILES string of the molecule is Brc1cc2c(cc1Br)N=C(C(Br)(Br)Br)C(Br)C(C(Br)(Br)Br)=N2. The zero-order valence-electron chi connectivity index (χ0n) is 10.0. The predicted molar refractivity (Wildman–Crippen MR) is 128 cm³/mol. The Hall–Kier alpha value is 2.88. The van der Waals surface area contributed by atoms with Gasteiger partial charge in [0, 0.05) is 8.95 Å². The monoisotopic (exact) mass is 873 g/mol. The number of hydrogen-bond acceptors (Lipinski definition) is 2. The minimum atomic E-state index is -0.665. The van der Waals surface area contributed by atoms with Gasteiger partial charge in [0.2, 0.25) is 0 Å². The first-order valence-corrected chi connectivity index (χ1v) is 12.6. The number of benzene rings is 1. The molecule has 0 bridgehead atoms. The molecule has 0 saturated carbocycles. The highest BCUT2D eigenvalue weighted by molar-refractivity contribution is 9.40. The molecule has 1 aromatic carbocycles. The molecular formula is C11H3Br9N2. The maximum absolute atomic E-state index is 4.76. The molecule has 120 valence electrons. The molecule has 0 unspecified atom stereocenters. The predicted octanol–water partition coefficient (Wildman–Crippen LogP) is 8.81. The van der Waals surface area contributed by atoms with E-state index in [1.54, 1.807) is 0 Å². The van der Waals surface area contributed by atoms with Crippen LogP contribution in [-0.2, 0) is 0 Å². The molecule has 0 saturated heterocycles. The Balaban J connectivity index is 2.79. The van der Waals surface area contributed by atoms with Crippen LogP contribution in [0.5, 0.6) is 0 Å². The van der Waals surface area contributed by atoms with E-state index in [9.17, 15) is 0 Å². The summed E-state index contributed by atoms with van der Waals surface area (Å²) >= 11 is 31.9. The fourth-order valence-corrected chi connectivity index (χ4v) is 6.92. The standard InChI is InChI=1S/C11H3Br9N2/c12-3-1-5-6(2-4(3)13)22-9(11(18,19)20)7(14)8(21-5)10(15,16)17/h1-2,7H. The Morgan fingerprint density at radius 3 is 1.32 bits per heavy atom. The van der Waals surface area contributed by atoms with Gasteiger partial charge < -0.3 is 0 Å². The topological polar surface area (TPSA) is 24.7 Å². The average Bonchev–Trinajstić information content (AvgIpc) is 2.47. The van der Waals surface area contributed by atoms with E-state index in [0.29, 0.717) is 0 Å². The van der Waals surface area contributed by atoms with Gasteiger partial charge >= 0.3 is 0 Å². The maximum Gasteiger partial charge on any atom is 0.174 e. The summed E-state index contributed by atoms with van der Waals surface area (Å²) in [5.41, 5.74) is 3.04. The minimum Gasteiger partial charge on any atom is -0.251 e. The van der Waals surface area contributed by atoms with Gasteiger partial charge in [-0.05, 0) is 44.0 Å².